The Kier molecular flexibility index (Phi) is 7.72. The molecule has 3 aliphatic rings. The lowest BCUT2D eigenvalue weighted by molar-refractivity contribution is 0.0956. The fourth-order valence-corrected chi connectivity index (χ4v) is 5.97. The highest BCUT2D eigenvalue weighted by molar-refractivity contribution is 7.98. The molecule has 4 heterocycles. The van der Waals surface area contributed by atoms with Crippen molar-refractivity contribution in [2.45, 2.75) is 43.8 Å². The summed E-state index contributed by atoms with van der Waals surface area (Å²) in [6.45, 7) is 8.75. The Morgan fingerprint density at radius 1 is 1.16 bits per heavy atom. The molecule has 1 aromatic heterocycles. The van der Waals surface area contributed by atoms with Crippen molar-refractivity contribution in [3.05, 3.63) is 82.7 Å². The van der Waals surface area contributed by atoms with Crippen LogP contribution in [0.2, 0.25) is 0 Å². The van der Waals surface area contributed by atoms with E-state index in [1.54, 1.807) is 11.8 Å². The molecule has 1 amide bonds. The Morgan fingerprint density at radius 3 is 2.71 bits per heavy atom. The Bertz CT molecular complexity index is 1340. The van der Waals surface area contributed by atoms with Gasteiger partial charge in [-0.3, -0.25) is 9.79 Å². The zero-order valence-electron chi connectivity index (χ0n) is 22.7. The van der Waals surface area contributed by atoms with E-state index in [2.05, 4.69) is 89.7 Å². The number of benzene rings is 1. The zero-order chi connectivity index (χ0) is 26.8. The van der Waals surface area contributed by atoms with Gasteiger partial charge in [-0.1, -0.05) is 18.2 Å². The van der Waals surface area contributed by atoms with Crippen molar-refractivity contribution < 1.29 is 4.79 Å². The minimum absolute atomic E-state index is 0.0339. The van der Waals surface area contributed by atoms with Crippen LogP contribution in [0.15, 0.2) is 75.8 Å². The molecule has 198 valence electrons. The second-order valence-corrected chi connectivity index (χ2v) is 11.2. The maximum atomic E-state index is 12.8. The van der Waals surface area contributed by atoms with Gasteiger partial charge in [-0.25, -0.2) is 4.98 Å². The molecule has 1 saturated heterocycles. The van der Waals surface area contributed by atoms with Crippen molar-refractivity contribution in [2.24, 2.45) is 4.99 Å². The molecule has 0 bridgehead atoms. The third-order valence-electron chi connectivity index (χ3n) is 7.28. The largest absolute Gasteiger partial charge is 0.362 e. The maximum Gasteiger partial charge on any atom is 0.251 e. The quantitative estimate of drug-likeness (QED) is 0.546. The summed E-state index contributed by atoms with van der Waals surface area (Å²) in [7, 11) is 2.09. The summed E-state index contributed by atoms with van der Waals surface area (Å²) in [5.41, 5.74) is 5.82. The van der Waals surface area contributed by atoms with Crippen LogP contribution >= 0.6 is 11.8 Å². The topological polar surface area (TPSA) is 72.9 Å². The van der Waals surface area contributed by atoms with E-state index in [0.717, 1.165) is 46.5 Å². The molecule has 3 unspecified atom stereocenters. The average Bonchev–Trinajstić information content (AvgIpc) is 2.92. The van der Waals surface area contributed by atoms with Crippen LogP contribution in [0.3, 0.4) is 0 Å². The summed E-state index contributed by atoms with van der Waals surface area (Å²) in [6.07, 6.45) is 10.3. The zero-order valence-corrected chi connectivity index (χ0v) is 23.5. The first-order chi connectivity index (χ1) is 18.3. The molecule has 3 atom stereocenters. The SMILES string of the molecule is CSc1cc(C(=O)NCC2=CC3C(=CC=C(c4cccc(N5CC(C)NC(C)C5)n4)N3C)C=N2)ccc1C. The lowest BCUT2D eigenvalue weighted by Gasteiger charge is -2.38. The van der Waals surface area contributed by atoms with Gasteiger partial charge in [0.2, 0.25) is 0 Å². The number of anilines is 1. The molecule has 2 N–H and O–H groups in total. The number of fused-ring (bicyclic) bond motifs is 1. The van der Waals surface area contributed by atoms with Crippen LogP contribution in [0.1, 0.15) is 35.5 Å². The van der Waals surface area contributed by atoms with Gasteiger partial charge in [0.05, 0.1) is 29.7 Å². The first kappa shape index (κ1) is 26.3. The number of thioether (sulfide) groups is 1. The van der Waals surface area contributed by atoms with Crippen molar-refractivity contribution in [2.75, 3.05) is 37.8 Å². The first-order valence-electron chi connectivity index (χ1n) is 13.1. The molecule has 0 radical (unpaired) electrons. The number of nitrogens with one attached hydrogen (secondary N) is 2. The van der Waals surface area contributed by atoms with Gasteiger partial charge >= 0.3 is 0 Å². The first-order valence-corrected chi connectivity index (χ1v) is 14.4. The molecule has 7 nitrogen and oxygen atoms in total. The molecule has 0 spiro atoms. The Balaban J connectivity index is 1.29. The molecular weight excluding hydrogens is 492 g/mol. The number of allylic oxidation sites excluding steroid dienone is 2. The van der Waals surface area contributed by atoms with E-state index in [9.17, 15) is 4.79 Å². The highest BCUT2D eigenvalue weighted by Gasteiger charge is 2.27. The van der Waals surface area contributed by atoms with E-state index in [1.807, 2.05) is 30.7 Å². The van der Waals surface area contributed by atoms with Crippen molar-refractivity contribution in [1.29, 1.82) is 0 Å². The number of aromatic nitrogens is 1. The van der Waals surface area contributed by atoms with Gasteiger partial charge in [-0.2, -0.15) is 0 Å². The number of likely N-dealkylation sites (N-methyl/N-ethyl adjacent to an activating group) is 1. The molecule has 0 saturated carbocycles. The second kappa shape index (κ2) is 11.2. The molecule has 8 heteroatoms. The van der Waals surface area contributed by atoms with Crippen LogP contribution in [0.25, 0.3) is 5.70 Å². The number of nitrogens with zero attached hydrogens (tertiary/aromatic N) is 4. The van der Waals surface area contributed by atoms with Crippen molar-refractivity contribution in [1.82, 2.24) is 20.5 Å². The molecule has 5 rings (SSSR count). The number of rotatable bonds is 6. The fourth-order valence-electron chi connectivity index (χ4n) is 5.34. The number of piperazine rings is 1. The molecule has 38 heavy (non-hydrogen) atoms. The number of carbonyl (C=O) groups is 1. The number of hydrogen-bond acceptors (Lipinski definition) is 7. The van der Waals surface area contributed by atoms with Gasteiger partial charge in [-0.15, -0.1) is 11.8 Å². The summed E-state index contributed by atoms with van der Waals surface area (Å²) >= 11 is 1.65. The number of pyridine rings is 1. The Labute approximate surface area is 229 Å². The van der Waals surface area contributed by atoms with Crippen LogP contribution in [0, 0.1) is 6.92 Å². The molecule has 0 aliphatic carbocycles. The van der Waals surface area contributed by atoms with Gasteiger partial charge in [0.15, 0.2) is 0 Å². The van der Waals surface area contributed by atoms with E-state index < -0.39 is 0 Å². The minimum Gasteiger partial charge on any atom is -0.362 e. The van der Waals surface area contributed by atoms with E-state index in [-0.39, 0.29) is 11.9 Å². The molecule has 2 aromatic rings. The average molecular weight is 529 g/mol. The van der Waals surface area contributed by atoms with Crippen molar-refractivity contribution in [3.63, 3.8) is 0 Å². The maximum absolute atomic E-state index is 12.8. The summed E-state index contributed by atoms with van der Waals surface area (Å²) < 4.78 is 0. The van der Waals surface area contributed by atoms with E-state index in [4.69, 9.17) is 4.98 Å². The highest BCUT2D eigenvalue weighted by atomic mass is 32.2. The fraction of sp³-hybridized carbons (Fsp3) is 0.367. The second-order valence-electron chi connectivity index (χ2n) is 10.3. The molecular formula is C30H36N6OS. The minimum atomic E-state index is -0.0899. The number of aryl methyl sites for hydroxylation is 1. The summed E-state index contributed by atoms with van der Waals surface area (Å²) in [5.74, 6) is 0.921. The normalized spacial score (nSPS) is 22.9. The smallest absolute Gasteiger partial charge is 0.251 e. The Hall–Kier alpha value is -3.36. The van der Waals surface area contributed by atoms with Crippen LogP contribution in [-0.4, -0.2) is 73.1 Å². The van der Waals surface area contributed by atoms with E-state index in [1.165, 1.54) is 5.56 Å². The summed E-state index contributed by atoms with van der Waals surface area (Å²) in [6, 6.07) is 13.0. The number of aliphatic imine (C=N–C) groups is 1. The summed E-state index contributed by atoms with van der Waals surface area (Å²) in [5, 5.41) is 6.63. The van der Waals surface area contributed by atoms with Crippen LogP contribution < -0.4 is 15.5 Å². The third kappa shape index (κ3) is 5.56. The van der Waals surface area contributed by atoms with Gasteiger partial charge in [-0.05, 0) is 74.6 Å². The molecule has 1 fully saturated rings. The standard InChI is InChI=1S/C30H36N6OS/c1-19-9-10-22(13-28(19)38-5)30(37)32-16-24-14-27-23(15-31-24)11-12-26(35(27)4)25-7-6-8-29(34-25)36-17-20(2)33-21(3)18-36/h6-15,20-21,27,33H,16-18H2,1-5H3,(H,32,37). The van der Waals surface area contributed by atoms with Crippen LogP contribution in [-0.2, 0) is 0 Å². The predicted molar refractivity (Wildman–Crippen MR) is 158 cm³/mol. The highest BCUT2D eigenvalue weighted by Crippen LogP contribution is 2.30. The summed E-state index contributed by atoms with van der Waals surface area (Å²) in [4.78, 5) is 28.2. The Morgan fingerprint density at radius 2 is 1.95 bits per heavy atom. The predicted octanol–water partition coefficient (Wildman–Crippen LogP) is 4.28. The number of amides is 1. The number of carbonyl (C=O) groups excluding carboxylic acids is 1. The third-order valence-corrected chi connectivity index (χ3v) is 8.16. The van der Waals surface area contributed by atoms with Crippen molar-refractivity contribution >= 4 is 35.4 Å². The number of hydrogen-bond donors (Lipinski definition) is 2. The van der Waals surface area contributed by atoms with Gasteiger partial charge < -0.3 is 20.4 Å². The van der Waals surface area contributed by atoms with Crippen LogP contribution in [0.4, 0.5) is 5.82 Å². The molecule has 3 aliphatic heterocycles. The van der Waals surface area contributed by atoms with Crippen LogP contribution in [0.5, 0.6) is 0 Å². The monoisotopic (exact) mass is 528 g/mol. The van der Waals surface area contributed by atoms with E-state index >= 15 is 0 Å². The van der Waals surface area contributed by atoms with Gasteiger partial charge in [0, 0.05) is 48.9 Å². The van der Waals surface area contributed by atoms with E-state index in [0.29, 0.717) is 24.2 Å². The van der Waals surface area contributed by atoms with Gasteiger partial charge in [0.1, 0.15) is 5.82 Å². The lowest BCUT2D eigenvalue weighted by Crippen LogP contribution is -2.54. The molecule has 1 aromatic carbocycles. The lowest BCUT2D eigenvalue weighted by atomic mass is 9.97. The van der Waals surface area contributed by atoms with Crippen molar-refractivity contribution in [3.8, 4) is 0 Å². The van der Waals surface area contributed by atoms with Gasteiger partial charge in [0.25, 0.3) is 5.91 Å².